The van der Waals surface area contributed by atoms with E-state index in [1.807, 2.05) is 6.92 Å². The molecule has 1 atom stereocenters. The maximum atomic E-state index is 13.5. The van der Waals surface area contributed by atoms with Crippen LogP contribution in [0.1, 0.15) is 30.3 Å². The summed E-state index contributed by atoms with van der Waals surface area (Å²) in [5, 5.41) is 12.6. The zero-order valence-electron chi connectivity index (χ0n) is 10.7. The first-order valence-electron chi connectivity index (χ1n) is 6.35. The Labute approximate surface area is 110 Å². The first-order valence-corrected chi connectivity index (χ1v) is 6.35. The predicted molar refractivity (Wildman–Crippen MR) is 71.5 cm³/mol. The Morgan fingerprint density at radius 2 is 2.32 bits per heavy atom. The van der Waals surface area contributed by atoms with Crippen LogP contribution in [0.5, 0.6) is 0 Å². The van der Waals surface area contributed by atoms with Gasteiger partial charge >= 0.3 is 0 Å². The number of aliphatic hydroxyl groups excluding tert-OH is 1. The van der Waals surface area contributed by atoms with E-state index in [1.54, 1.807) is 12.1 Å². The second-order valence-corrected chi connectivity index (χ2v) is 4.54. The van der Waals surface area contributed by atoms with Crippen LogP contribution in [0.2, 0.25) is 0 Å². The zero-order valence-corrected chi connectivity index (χ0v) is 10.7. The SMILES string of the molecule is CCCC(O)CNC(=O)c1cc2c(F)cccc2[nH]1. The van der Waals surface area contributed by atoms with Crippen LogP contribution >= 0.6 is 0 Å². The average Bonchev–Trinajstić information content (AvgIpc) is 2.82. The van der Waals surface area contributed by atoms with Crippen molar-refractivity contribution in [1.29, 1.82) is 0 Å². The summed E-state index contributed by atoms with van der Waals surface area (Å²) in [5.74, 6) is -0.704. The van der Waals surface area contributed by atoms with E-state index in [-0.39, 0.29) is 18.3 Å². The topological polar surface area (TPSA) is 65.1 Å². The largest absolute Gasteiger partial charge is 0.391 e. The van der Waals surface area contributed by atoms with Gasteiger partial charge in [0.2, 0.25) is 0 Å². The highest BCUT2D eigenvalue weighted by Gasteiger charge is 2.12. The van der Waals surface area contributed by atoms with Gasteiger partial charge in [-0.15, -0.1) is 0 Å². The molecule has 0 aliphatic carbocycles. The zero-order chi connectivity index (χ0) is 13.8. The Hall–Kier alpha value is -1.88. The van der Waals surface area contributed by atoms with Crippen LogP contribution < -0.4 is 5.32 Å². The molecule has 0 bridgehead atoms. The molecule has 2 rings (SSSR count). The highest BCUT2D eigenvalue weighted by Crippen LogP contribution is 2.18. The molecule has 2 aromatic rings. The molecule has 1 aromatic heterocycles. The van der Waals surface area contributed by atoms with Crippen LogP contribution in [-0.4, -0.2) is 28.6 Å². The number of aliphatic hydroxyl groups is 1. The summed E-state index contributed by atoms with van der Waals surface area (Å²) in [6.07, 6.45) is 0.950. The van der Waals surface area contributed by atoms with Gasteiger partial charge in [0.25, 0.3) is 5.91 Å². The number of rotatable bonds is 5. The Morgan fingerprint density at radius 1 is 1.53 bits per heavy atom. The Kier molecular flexibility index (Phi) is 4.16. The van der Waals surface area contributed by atoms with Crippen LogP contribution in [0, 0.1) is 5.82 Å². The fraction of sp³-hybridized carbons (Fsp3) is 0.357. The van der Waals surface area contributed by atoms with E-state index in [0.717, 1.165) is 6.42 Å². The van der Waals surface area contributed by atoms with Crippen LogP contribution in [0.15, 0.2) is 24.3 Å². The van der Waals surface area contributed by atoms with Crippen molar-refractivity contribution in [2.75, 3.05) is 6.54 Å². The van der Waals surface area contributed by atoms with Gasteiger partial charge in [-0.1, -0.05) is 19.4 Å². The van der Waals surface area contributed by atoms with Crippen LogP contribution in [-0.2, 0) is 0 Å². The number of H-pyrrole nitrogens is 1. The van der Waals surface area contributed by atoms with Gasteiger partial charge in [-0.25, -0.2) is 4.39 Å². The van der Waals surface area contributed by atoms with Crippen molar-refractivity contribution in [1.82, 2.24) is 10.3 Å². The van der Waals surface area contributed by atoms with Crippen molar-refractivity contribution in [3.63, 3.8) is 0 Å². The Morgan fingerprint density at radius 3 is 3.00 bits per heavy atom. The molecule has 0 fully saturated rings. The van der Waals surface area contributed by atoms with E-state index in [2.05, 4.69) is 10.3 Å². The number of hydrogen-bond acceptors (Lipinski definition) is 2. The molecule has 102 valence electrons. The van der Waals surface area contributed by atoms with Crippen molar-refractivity contribution in [2.45, 2.75) is 25.9 Å². The quantitative estimate of drug-likeness (QED) is 0.775. The molecule has 5 heteroatoms. The van der Waals surface area contributed by atoms with Crippen molar-refractivity contribution in [3.8, 4) is 0 Å². The third-order valence-corrected chi connectivity index (χ3v) is 2.98. The van der Waals surface area contributed by atoms with Crippen LogP contribution in [0.25, 0.3) is 10.9 Å². The summed E-state index contributed by atoms with van der Waals surface area (Å²) in [7, 11) is 0. The number of fused-ring (bicyclic) bond motifs is 1. The third-order valence-electron chi connectivity index (χ3n) is 2.98. The molecule has 0 saturated carbocycles. The number of nitrogens with one attached hydrogen (secondary N) is 2. The lowest BCUT2D eigenvalue weighted by molar-refractivity contribution is 0.0906. The predicted octanol–water partition coefficient (Wildman–Crippen LogP) is 2.20. The van der Waals surface area contributed by atoms with E-state index in [1.165, 1.54) is 12.1 Å². The monoisotopic (exact) mass is 264 g/mol. The third kappa shape index (κ3) is 3.12. The maximum Gasteiger partial charge on any atom is 0.267 e. The lowest BCUT2D eigenvalue weighted by Crippen LogP contribution is -2.32. The van der Waals surface area contributed by atoms with Crippen LogP contribution in [0.4, 0.5) is 4.39 Å². The molecule has 1 aromatic carbocycles. The van der Waals surface area contributed by atoms with E-state index in [9.17, 15) is 14.3 Å². The summed E-state index contributed by atoms with van der Waals surface area (Å²) < 4.78 is 13.5. The molecule has 19 heavy (non-hydrogen) atoms. The fourth-order valence-electron chi connectivity index (χ4n) is 1.98. The lowest BCUT2D eigenvalue weighted by Gasteiger charge is -2.09. The number of halogens is 1. The Bertz CT molecular complexity index is 580. The molecular weight excluding hydrogens is 247 g/mol. The van der Waals surface area contributed by atoms with Gasteiger partial charge in [0.15, 0.2) is 0 Å². The number of carbonyl (C=O) groups is 1. The molecule has 1 amide bonds. The normalized spacial score (nSPS) is 12.6. The Balaban J connectivity index is 2.07. The van der Waals surface area contributed by atoms with Gasteiger partial charge in [-0.3, -0.25) is 4.79 Å². The standard InChI is InChI=1S/C14H17FN2O2/c1-2-4-9(18)8-16-14(19)13-7-10-11(15)5-3-6-12(10)17-13/h3,5-7,9,17-18H,2,4,8H2,1H3,(H,16,19). The molecule has 3 N–H and O–H groups in total. The molecule has 0 saturated heterocycles. The number of carbonyl (C=O) groups excluding carboxylic acids is 1. The second-order valence-electron chi connectivity index (χ2n) is 4.54. The molecule has 4 nitrogen and oxygen atoms in total. The first-order chi connectivity index (χ1) is 9.11. The number of amides is 1. The van der Waals surface area contributed by atoms with Gasteiger partial charge in [0.05, 0.1) is 6.10 Å². The minimum absolute atomic E-state index is 0.199. The van der Waals surface area contributed by atoms with E-state index >= 15 is 0 Å². The summed E-state index contributed by atoms with van der Waals surface area (Å²) in [5.41, 5.74) is 0.878. The molecule has 0 aliphatic heterocycles. The molecule has 0 aliphatic rings. The smallest absolute Gasteiger partial charge is 0.267 e. The summed E-state index contributed by atoms with van der Waals surface area (Å²) in [6, 6.07) is 6.12. The van der Waals surface area contributed by atoms with Gasteiger partial charge in [-0.05, 0) is 24.6 Å². The number of aromatic nitrogens is 1. The molecule has 1 unspecified atom stereocenters. The van der Waals surface area contributed by atoms with Crippen molar-refractivity contribution >= 4 is 16.8 Å². The van der Waals surface area contributed by atoms with Crippen molar-refractivity contribution in [2.24, 2.45) is 0 Å². The highest BCUT2D eigenvalue weighted by atomic mass is 19.1. The summed E-state index contributed by atoms with van der Waals surface area (Å²) in [4.78, 5) is 14.7. The van der Waals surface area contributed by atoms with Gasteiger partial charge in [0, 0.05) is 17.4 Å². The number of benzene rings is 1. The van der Waals surface area contributed by atoms with Crippen molar-refractivity contribution < 1.29 is 14.3 Å². The number of hydrogen-bond donors (Lipinski definition) is 3. The molecule has 0 spiro atoms. The lowest BCUT2D eigenvalue weighted by atomic mass is 10.2. The van der Waals surface area contributed by atoms with Gasteiger partial charge < -0.3 is 15.4 Å². The molecule has 0 radical (unpaired) electrons. The maximum absolute atomic E-state index is 13.5. The van der Waals surface area contributed by atoms with Crippen molar-refractivity contribution in [3.05, 3.63) is 35.8 Å². The highest BCUT2D eigenvalue weighted by molar-refractivity contribution is 5.98. The minimum atomic E-state index is -0.546. The van der Waals surface area contributed by atoms with Gasteiger partial charge in [-0.2, -0.15) is 0 Å². The van der Waals surface area contributed by atoms with E-state index in [4.69, 9.17) is 0 Å². The summed E-state index contributed by atoms with van der Waals surface area (Å²) >= 11 is 0. The second kappa shape index (κ2) is 5.84. The molecule has 1 heterocycles. The minimum Gasteiger partial charge on any atom is -0.391 e. The average molecular weight is 264 g/mol. The van der Waals surface area contributed by atoms with E-state index in [0.29, 0.717) is 23.0 Å². The van der Waals surface area contributed by atoms with Crippen LogP contribution in [0.3, 0.4) is 0 Å². The van der Waals surface area contributed by atoms with E-state index < -0.39 is 6.10 Å². The number of aromatic amines is 1. The molecular formula is C14H17FN2O2. The first kappa shape index (κ1) is 13.5. The summed E-state index contributed by atoms with van der Waals surface area (Å²) in [6.45, 7) is 2.16. The van der Waals surface area contributed by atoms with Gasteiger partial charge in [0.1, 0.15) is 11.5 Å². The fourth-order valence-corrected chi connectivity index (χ4v) is 1.98.